The zero-order chi connectivity index (χ0) is 31.5. The number of carbonyl (C=O) groups is 1. The van der Waals surface area contributed by atoms with Crippen molar-refractivity contribution >= 4 is 17.3 Å². The summed E-state index contributed by atoms with van der Waals surface area (Å²) in [5.74, 6) is 0.705. The van der Waals surface area contributed by atoms with Crippen LogP contribution in [-0.2, 0) is 4.79 Å². The molecule has 1 aliphatic carbocycles. The minimum atomic E-state index is -0.166. The Hall–Kier alpha value is -3.48. The van der Waals surface area contributed by atoms with Gasteiger partial charge in [0.05, 0.1) is 0 Å². The van der Waals surface area contributed by atoms with E-state index in [-0.39, 0.29) is 12.2 Å². The summed E-state index contributed by atoms with van der Waals surface area (Å²) < 4.78 is 0. The van der Waals surface area contributed by atoms with Crippen LogP contribution in [-0.4, -0.2) is 50.0 Å². The fraction of sp³-hybridized carbons (Fsp3) is 0.459. The molecule has 6 nitrogen and oxygen atoms in total. The summed E-state index contributed by atoms with van der Waals surface area (Å²) in [5, 5.41) is 9.88. The number of anilines is 1. The first-order chi connectivity index (χ1) is 20.8. The Morgan fingerprint density at radius 2 is 1.91 bits per heavy atom. The van der Waals surface area contributed by atoms with E-state index in [0.29, 0.717) is 17.4 Å². The second-order valence-electron chi connectivity index (χ2n) is 11.5. The number of nitrogens with one attached hydrogen (secondary N) is 3. The molecule has 43 heavy (non-hydrogen) atoms. The summed E-state index contributed by atoms with van der Waals surface area (Å²) in [6.07, 6.45) is 21.5. The monoisotopic (exact) mass is 585 g/mol. The van der Waals surface area contributed by atoms with Gasteiger partial charge >= 0.3 is 0 Å². The molecule has 0 heterocycles. The molecule has 234 valence electrons. The molecule has 1 aliphatic rings. The van der Waals surface area contributed by atoms with Gasteiger partial charge in [0.1, 0.15) is 0 Å². The Balaban J connectivity index is 2.08. The van der Waals surface area contributed by atoms with Crippen molar-refractivity contribution in [3.8, 4) is 0 Å². The molecule has 1 aromatic rings. The van der Waals surface area contributed by atoms with Crippen LogP contribution >= 0.6 is 0 Å². The lowest BCUT2D eigenvalue weighted by molar-refractivity contribution is -0.112. The molecular formula is C37H55N5O. The maximum absolute atomic E-state index is 12.7. The van der Waals surface area contributed by atoms with Gasteiger partial charge in [0.15, 0.2) is 6.29 Å². The molecule has 6 heteroatoms. The number of benzene rings is 1. The molecule has 0 radical (unpaired) electrons. The van der Waals surface area contributed by atoms with Crippen LogP contribution in [0.15, 0.2) is 103 Å². The number of hydrogen-bond donors (Lipinski definition) is 3. The molecule has 0 aliphatic heterocycles. The van der Waals surface area contributed by atoms with Gasteiger partial charge in [-0.15, -0.1) is 0 Å². The molecule has 1 amide bonds. The van der Waals surface area contributed by atoms with Crippen molar-refractivity contribution in [1.29, 1.82) is 0 Å². The highest BCUT2D eigenvalue weighted by molar-refractivity contribution is 6.03. The van der Waals surface area contributed by atoms with Gasteiger partial charge in [0.2, 0.25) is 0 Å². The van der Waals surface area contributed by atoms with Crippen LogP contribution in [0.2, 0.25) is 0 Å². The van der Waals surface area contributed by atoms with Gasteiger partial charge in [-0.3, -0.25) is 15.1 Å². The number of allylic oxidation sites excluding steroid dienone is 7. The largest absolute Gasteiger partial charge is 0.358 e. The Kier molecular flexibility index (Phi) is 17.0. The van der Waals surface area contributed by atoms with Gasteiger partial charge in [0, 0.05) is 22.9 Å². The molecule has 3 atom stereocenters. The number of nitrogens with zero attached hydrogens (tertiary/aromatic N) is 2. The van der Waals surface area contributed by atoms with Crippen molar-refractivity contribution in [3.63, 3.8) is 0 Å². The normalized spacial score (nSPS) is 19.4. The van der Waals surface area contributed by atoms with Crippen LogP contribution in [0.25, 0.3) is 0 Å². The van der Waals surface area contributed by atoms with Crippen molar-refractivity contribution in [1.82, 2.24) is 15.5 Å². The second-order valence-corrected chi connectivity index (χ2v) is 11.5. The van der Waals surface area contributed by atoms with Gasteiger partial charge in [0.25, 0.3) is 5.91 Å². The molecule has 1 aromatic carbocycles. The lowest BCUT2D eigenvalue weighted by Crippen LogP contribution is -2.40. The second kappa shape index (κ2) is 20.4. The van der Waals surface area contributed by atoms with Crippen molar-refractivity contribution in [2.45, 2.75) is 77.4 Å². The number of rotatable bonds is 19. The highest BCUT2D eigenvalue weighted by Gasteiger charge is 2.28. The van der Waals surface area contributed by atoms with E-state index in [1.165, 1.54) is 11.3 Å². The van der Waals surface area contributed by atoms with Crippen LogP contribution in [0.5, 0.6) is 0 Å². The quantitative estimate of drug-likeness (QED) is 0.0668. The van der Waals surface area contributed by atoms with Crippen LogP contribution in [0.1, 0.15) is 76.7 Å². The van der Waals surface area contributed by atoms with Gasteiger partial charge in [-0.25, -0.2) is 0 Å². The van der Waals surface area contributed by atoms with Gasteiger partial charge in [-0.1, -0.05) is 81.7 Å². The first-order valence-corrected chi connectivity index (χ1v) is 15.8. The molecule has 0 spiro atoms. The topological polar surface area (TPSA) is 68.8 Å². The fourth-order valence-corrected chi connectivity index (χ4v) is 5.30. The van der Waals surface area contributed by atoms with Crippen molar-refractivity contribution in [2.75, 3.05) is 32.5 Å². The van der Waals surface area contributed by atoms with Crippen molar-refractivity contribution in [2.24, 2.45) is 10.9 Å². The van der Waals surface area contributed by atoms with Crippen LogP contribution < -0.4 is 16.0 Å². The van der Waals surface area contributed by atoms with E-state index in [2.05, 4.69) is 79.8 Å². The summed E-state index contributed by atoms with van der Waals surface area (Å²) in [5.41, 5.74) is 5.17. The zero-order valence-electron chi connectivity index (χ0n) is 27.1. The third kappa shape index (κ3) is 13.6. The Morgan fingerprint density at radius 3 is 2.56 bits per heavy atom. The number of carbonyl (C=O) groups excluding carboxylic acids is 1. The molecular weight excluding hydrogens is 530 g/mol. The number of aliphatic imine (C=N–C) groups is 1. The molecule has 0 bridgehead atoms. The molecule has 1 saturated carbocycles. The third-order valence-electron chi connectivity index (χ3n) is 7.77. The summed E-state index contributed by atoms with van der Waals surface area (Å²) in [6, 6.07) is 8.35. The summed E-state index contributed by atoms with van der Waals surface area (Å²) in [6.45, 7) is 17.5. The molecule has 2 unspecified atom stereocenters. The maximum atomic E-state index is 12.7. The highest BCUT2D eigenvalue weighted by atomic mass is 16.1. The van der Waals surface area contributed by atoms with E-state index < -0.39 is 0 Å². The van der Waals surface area contributed by atoms with Crippen molar-refractivity contribution < 1.29 is 4.79 Å². The van der Waals surface area contributed by atoms with Gasteiger partial charge < -0.3 is 15.5 Å². The predicted molar refractivity (Wildman–Crippen MR) is 186 cm³/mol. The summed E-state index contributed by atoms with van der Waals surface area (Å²) >= 11 is 0. The third-order valence-corrected chi connectivity index (χ3v) is 7.77. The lowest BCUT2D eigenvalue weighted by atomic mass is 9.75. The molecule has 3 N–H and O–H groups in total. The van der Waals surface area contributed by atoms with E-state index >= 15 is 0 Å². The maximum Gasteiger partial charge on any atom is 0.251 e. The average molecular weight is 586 g/mol. The van der Waals surface area contributed by atoms with Gasteiger partial charge in [-0.05, 0) is 114 Å². The number of amides is 1. The minimum absolute atomic E-state index is 0.0921. The number of hydrogen-bond acceptors (Lipinski definition) is 5. The van der Waals surface area contributed by atoms with E-state index in [9.17, 15) is 4.79 Å². The lowest BCUT2D eigenvalue weighted by Gasteiger charge is -2.32. The number of unbranched alkanes of at least 4 members (excludes halogenated alkanes) is 1. The first-order valence-electron chi connectivity index (χ1n) is 15.8. The standard InChI is InChI=1S/C37H55N5O/c1-8-12-13-17-33-28-32(22-25-35(33)41-37(38-11-4)39-26-14-15-27-42(6)7)31-20-23-34(24-21-31)40-36(43)29(5)18-19-30(10-3)16-9-2/h8,10-13,18-21,23-24,32-33,37-39H,1,3-4,9,14-17,22,25-28H2,2,5-7H3,(H,40,43)/b13-12-,29-18+,30-19+,41-35+/t32?,33-,37?/m1/s1. The smallest absolute Gasteiger partial charge is 0.251 e. The Labute approximate surface area is 261 Å². The molecule has 0 saturated heterocycles. The highest BCUT2D eigenvalue weighted by Crippen LogP contribution is 2.37. The zero-order valence-corrected chi connectivity index (χ0v) is 27.1. The summed E-state index contributed by atoms with van der Waals surface area (Å²) in [7, 11) is 4.22. The summed E-state index contributed by atoms with van der Waals surface area (Å²) in [4.78, 5) is 20.1. The molecule has 1 fully saturated rings. The van der Waals surface area contributed by atoms with E-state index in [1.54, 1.807) is 6.20 Å². The Morgan fingerprint density at radius 1 is 1.14 bits per heavy atom. The molecule has 0 aromatic heterocycles. The predicted octanol–water partition coefficient (Wildman–Crippen LogP) is 7.89. The van der Waals surface area contributed by atoms with Crippen LogP contribution in [0.3, 0.4) is 0 Å². The SMILES string of the molecule is C=C/C=C\C[C@@H]1CC(c2ccc(NC(=O)/C(C)=C/C=C(\C=C)CCC)cc2)CC/C1=N\C(NC=C)NCCCCN(C)C. The minimum Gasteiger partial charge on any atom is -0.358 e. The fourth-order valence-electron chi connectivity index (χ4n) is 5.30. The van der Waals surface area contributed by atoms with E-state index in [1.807, 2.05) is 49.4 Å². The molecule has 2 rings (SSSR count). The average Bonchev–Trinajstić information content (AvgIpc) is 3.00. The van der Waals surface area contributed by atoms with Crippen LogP contribution in [0.4, 0.5) is 5.69 Å². The van der Waals surface area contributed by atoms with Gasteiger partial charge in [-0.2, -0.15) is 0 Å². The Bertz CT molecular complexity index is 1140. The van der Waals surface area contributed by atoms with Crippen molar-refractivity contribution in [3.05, 3.63) is 103 Å². The first kappa shape index (κ1) is 35.7. The van der Waals surface area contributed by atoms with E-state index in [0.717, 1.165) is 75.7 Å². The van der Waals surface area contributed by atoms with E-state index in [4.69, 9.17) is 4.99 Å². The van der Waals surface area contributed by atoms with Crippen LogP contribution in [0, 0.1) is 5.92 Å².